The van der Waals surface area contributed by atoms with Crippen molar-refractivity contribution in [2.24, 2.45) is 0 Å². The summed E-state index contributed by atoms with van der Waals surface area (Å²) < 4.78 is 27.7. The Balaban J connectivity index is 2.37. The third kappa shape index (κ3) is 4.88. The van der Waals surface area contributed by atoms with Crippen molar-refractivity contribution in [1.29, 1.82) is 0 Å². The average Bonchev–Trinajstić information content (AvgIpc) is 3.14. The summed E-state index contributed by atoms with van der Waals surface area (Å²) >= 11 is 1.47. The number of likely N-dealkylation sites (N-methyl/N-ethyl adjacent to an activating group) is 1. The fourth-order valence-corrected chi connectivity index (χ4v) is 4.99. The predicted molar refractivity (Wildman–Crippen MR) is 103 cm³/mol. The summed E-state index contributed by atoms with van der Waals surface area (Å²) in [6, 6.07) is 9.22. The first kappa shape index (κ1) is 20.5. The quantitative estimate of drug-likeness (QED) is 0.454. The van der Waals surface area contributed by atoms with Crippen molar-refractivity contribution in [2.45, 2.75) is 25.3 Å². The molecule has 2 aromatic rings. The molecule has 2 rings (SSSR count). The predicted octanol–water partition coefficient (Wildman–Crippen LogP) is 3.19. The Morgan fingerprint density at radius 2 is 1.77 bits per heavy atom. The van der Waals surface area contributed by atoms with Gasteiger partial charge in [0.2, 0.25) is 10.0 Å². The minimum atomic E-state index is -3.99. The van der Waals surface area contributed by atoms with Crippen LogP contribution in [0.25, 0.3) is 0 Å². The molecule has 0 N–H and O–H groups in total. The topological polar surface area (TPSA) is 83.8 Å². The van der Waals surface area contributed by atoms with Gasteiger partial charge in [0.25, 0.3) is 5.69 Å². The molecule has 0 aliphatic rings. The van der Waals surface area contributed by atoms with Crippen molar-refractivity contribution in [3.63, 3.8) is 0 Å². The monoisotopic (exact) mass is 397 g/mol. The van der Waals surface area contributed by atoms with Crippen molar-refractivity contribution in [3.05, 3.63) is 56.8 Å². The molecule has 0 spiro atoms. The number of nitro groups is 1. The first-order valence-corrected chi connectivity index (χ1v) is 10.7. The molecule has 0 fully saturated rings. The van der Waals surface area contributed by atoms with Gasteiger partial charge in [0, 0.05) is 30.6 Å². The Bertz CT molecular complexity index is 818. The summed E-state index contributed by atoms with van der Waals surface area (Å²) in [6.07, 6.45) is 0. The van der Waals surface area contributed by atoms with E-state index in [9.17, 15) is 18.5 Å². The normalized spacial score (nSPS) is 12.0. The third-order valence-corrected chi connectivity index (χ3v) is 6.91. The molecular weight excluding hydrogens is 374 g/mol. The van der Waals surface area contributed by atoms with E-state index in [4.69, 9.17) is 0 Å². The molecule has 7 nitrogen and oxygen atoms in total. The van der Waals surface area contributed by atoms with Crippen LogP contribution < -0.4 is 0 Å². The highest BCUT2D eigenvalue weighted by Gasteiger charge is 2.31. The van der Waals surface area contributed by atoms with Gasteiger partial charge in [-0.3, -0.25) is 10.1 Å². The van der Waals surface area contributed by atoms with Crippen LogP contribution in [0.2, 0.25) is 0 Å². The number of hydrogen-bond donors (Lipinski definition) is 0. The van der Waals surface area contributed by atoms with Gasteiger partial charge in [0.15, 0.2) is 4.90 Å². The second-order valence-electron chi connectivity index (χ2n) is 5.67. The smallest absolute Gasteiger partial charge is 0.289 e. The van der Waals surface area contributed by atoms with Crippen LogP contribution >= 0.6 is 11.3 Å². The van der Waals surface area contributed by atoms with Crippen molar-refractivity contribution < 1.29 is 13.3 Å². The summed E-state index contributed by atoms with van der Waals surface area (Å²) in [7, 11) is -3.99. The summed E-state index contributed by atoms with van der Waals surface area (Å²) in [4.78, 5) is 13.4. The Hall–Kier alpha value is -1.81. The van der Waals surface area contributed by atoms with Gasteiger partial charge in [-0.1, -0.05) is 32.0 Å². The van der Waals surface area contributed by atoms with E-state index in [2.05, 4.69) is 4.90 Å². The van der Waals surface area contributed by atoms with Crippen LogP contribution in [0.3, 0.4) is 0 Å². The SMILES string of the molecule is CCN(CC)CCN(Cc1cccs1)S(=O)(=O)c1ccccc1[N+](=O)[O-]. The molecule has 0 saturated heterocycles. The number of benzene rings is 1. The van der Waals surface area contributed by atoms with Gasteiger partial charge >= 0.3 is 0 Å². The van der Waals surface area contributed by atoms with Gasteiger partial charge in [0.05, 0.1) is 4.92 Å². The number of hydrogen-bond acceptors (Lipinski definition) is 6. The van der Waals surface area contributed by atoms with Crippen LogP contribution in [0, 0.1) is 10.1 Å². The van der Waals surface area contributed by atoms with Crippen molar-refractivity contribution >= 4 is 27.0 Å². The van der Waals surface area contributed by atoms with Gasteiger partial charge in [-0.25, -0.2) is 8.42 Å². The largest absolute Gasteiger partial charge is 0.303 e. The molecule has 0 unspecified atom stereocenters. The second kappa shape index (κ2) is 9.22. The number of thiophene rings is 1. The van der Waals surface area contributed by atoms with E-state index in [1.165, 1.54) is 39.9 Å². The molecule has 0 atom stereocenters. The van der Waals surface area contributed by atoms with Gasteiger partial charge < -0.3 is 4.90 Å². The lowest BCUT2D eigenvalue weighted by Crippen LogP contribution is -2.38. The summed E-state index contributed by atoms with van der Waals surface area (Å²) in [5.74, 6) is 0. The van der Waals surface area contributed by atoms with E-state index in [1.54, 1.807) is 0 Å². The van der Waals surface area contributed by atoms with E-state index >= 15 is 0 Å². The van der Waals surface area contributed by atoms with E-state index in [-0.39, 0.29) is 18.0 Å². The van der Waals surface area contributed by atoms with E-state index < -0.39 is 20.6 Å². The zero-order valence-electron chi connectivity index (χ0n) is 14.9. The number of nitro benzene ring substituents is 1. The Labute approximate surface area is 158 Å². The average molecular weight is 398 g/mol. The van der Waals surface area contributed by atoms with E-state index in [1.807, 2.05) is 31.4 Å². The summed E-state index contributed by atoms with van der Waals surface area (Å²) in [5, 5.41) is 13.2. The van der Waals surface area contributed by atoms with Crippen LogP contribution in [0.1, 0.15) is 18.7 Å². The lowest BCUT2D eigenvalue weighted by atomic mass is 10.3. The summed E-state index contributed by atoms with van der Waals surface area (Å²) in [6.45, 7) is 6.70. The fraction of sp³-hybridized carbons (Fsp3) is 0.412. The zero-order valence-corrected chi connectivity index (χ0v) is 16.5. The minimum absolute atomic E-state index is 0.202. The maximum Gasteiger partial charge on any atom is 0.289 e. The molecule has 0 saturated carbocycles. The standard InChI is InChI=1S/C17H23N3O4S2/c1-3-18(4-2)11-12-19(14-15-8-7-13-25-15)26(23,24)17-10-6-5-9-16(17)20(21)22/h5-10,13H,3-4,11-12,14H2,1-2H3. The van der Waals surface area contributed by atoms with Crippen molar-refractivity contribution in [2.75, 3.05) is 26.2 Å². The molecule has 0 bridgehead atoms. The highest BCUT2D eigenvalue weighted by molar-refractivity contribution is 7.89. The Kier molecular flexibility index (Phi) is 7.27. The van der Waals surface area contributed by atoms with E-state index in [0.717, 1.165) is 18.0 Å². The highest BCUT2D eigenvalue weighted by Crippen LogP contribution is 2.27. The number of sulfonamides is 1. The molecule has 26 heavy (non-hydrogen) atoms. The molecule has 9 heteroatoms. The maximum absolute atomic E-state index is 13.2. The highest BCUT2D eigenvalue weighted by atomic mass is 32.2. The molecular formula is C17H23N3O4S2. The molecule has 142 valence electrons. The number of nitrogens with zero attached hydrogens (tertiary/aromatic N) is 3. The van der Waals surface area contributed by atoms with Crippen molar-refractivity contribution in [3.8, 4) is 0 Å². The molecule has 1 aromatic heterocycles. The first-order valence-electron chi connectivity index (χ1n) is 8.38. The Morgan fingerprint density at radius 3 is 2.35 bits per heavy atom. The van der Waals surface area contributed by atoms with Gasteiger partial charge in [-0.2, -0.15) is 4.31 Å². The molecule has 0 aliphatic heterocycles. The zero-order chi connectivity index (χ0) is 19.2. The molecule has 1 aromatic carbocycles. The van der Waals surface area contributed by atoms with Crippen LogP contribution in [0.4, 0.5) is 5.69 Å². The third-order valence-electron chi connectivity index (χ3n) is 4.15. The number of rotatable bonds is 10. The van der Waals surface area contributed by atoms with Crippen molar-refractivity contribution in [1.82, 2.24) is 9.21 Å². The summed E-state index contributed by atoms with van der Waals surface area (Å²) in [5.41, 5.74) is -0.397. The molecule has 1 heterocycles. The molecule has 0 aliphatic carbocycles. The van der Waals surface area contributed by atoms with Gasteiger partial charge in [-0.15, -0.1) is 11.3 Å². The first-order chi connectivity index (χ1) is 12.4. The molecule has 0 amide bonds. The van der Waals surface area contributed by atoms with Gasteiger partial charge in [0.1, 0.15) is 0 Å². The lowest BCUT2D eigenvalue weighted by molar-refractivity contribution is -0.387. The second-order valence-corrected chi connectivity index (χ2v) is 8.61. The number of para-hydroxylation sites is 1. The lowest BCUT2D eigenvalue weighted by Gasteiger charge is -2.25. The van der Waals surface area contributed by atoms with Gasteiger partial charge in [-0.05, 0) is 30.6 Å². The fourth-order valence-electron chi connectivity index (χ4n) is 2.62. The molecule has 0 radical (unpaired) electrons. The maximum atomic E-state index is 13.2. The van der Waals surface area contributed by atoms with E-state index in [0.29, 0.717) is 6.54 Å². The van der Waals surface area contributed by atoms with Crippen LogP contribution in [0.5, 0.6) is 0 Å². The Morgan fingerprint density at radius 1 is 1.08 bits per heavy atom. The van der Waals surface area contributed by atoms with Crippen LogP contribution in [-0.2, 0) is 16.6 Å². The van der Waals surface area contributed by atoms with Crippen LogP contribution in [0.15, 0.2) is 46.7 Å². The van der Waals surface area contributed by atoms with Crippen LogP contribution in [-0.4, -0.2) is 48.7 Å². The minimum Gasteiger partial charge on any atom is -0.303 e.